The predicted octanol–water partition coefficient (Wildman–Crippen LogP) is 2.87. The molecule has 5 nitrogen and oxygen atoms in total. The second-order valence-corrected chi connectivity index (χ2v) is 6.24. The maximum Gasteiger partial charge on any atom is 0.325 e. The molecule has 1 aromatic carbocycles. The standard InChI is InChI=1S/C17H23NO4S/c1-5-7-16(21)23-11-14(19)18(10-15(20)22-4)17-12(2)8-6-9-13(17)3/h6,8-9H,5,7,10-11H2,1-4H3. The Labute approximate surface area is 141 Å². The number of benzene rings is 1. The van der Waals surface area contributed by atoms with Gasteiger partial charge in [0.05, 0.1) is 18.6 Å². The Balaban J connectivity index is 2.99. The van der Waals surface area contributed by atoms with E-state index in [2.05, 4.69) is 4.74 Å². The lowest BCUT2D eigenvalue weighted by Crippen LogP contribution is -2.38. The molecule has 0 aliphatic heterocycles. The van der Waals surface area contributed by atoms with Crippen molar-refractivity contribution in [1.82, 2.24) is 0 Å². The lowest BCUT2D eigenvalue weighted by molar-refractivity contribution is -0.139. The van der Waals surface area contributed by atoms with Gasteiger partial charge in [0.1, 0.15) is 6.54 Å². The molecule has 0 fully saturated rings. The van der Waals surface area contributed by atoms with Crippen molar-refractivity contribution in [2.24, 2.45) is 0 Å². The van der Waals surface area contributed by atoms with E-state index < -0.39 is 5.97 Å². The monoisotopic (exact) mass is 337 g/mol. The van der Waals surface area contributed by atoms with Crippen molar-refractivity contribution in [3.63, 3.8) is 0 Å². The third-order valence-electron chi connectivity index (χ3n) is 3.34. The van der Waals surface area contributed by atoms with Gasteiger partial charge in [-0.2, -0.15) is 0 Å². The molecule has 0 spiro atoms. The van der Waals surface area contributed by atoms with Crippen LogP contribution in [-0.2, 0) is 19.1 Å². The summed E-state index contributed by atoms with van der Waals surface area (Å²) in [6.07, 6.45) is 1.20. The fourth-order valence-electron chi connectivity index (χ4n) is 2.21. The molecule has 0 bridgehead atoms. The van der Waals surface area contributed by atoms with E-state index in [-0.39, 0.29) is 23.3 Å². The van der Waals surface area contributed by atoms with Gasteiger partial charge in [-0.15, -0.1) is 0 Å². The quantitative estimate of drug-likeness (QED) is 0.716. The van der Waals surface area contributed by atoms with Gasteiger partial charge in [-0.1, -0.05) is 36.9 Å². The minimum Gasteiger partial charge on any atom is -0.468 e. The second kappa shape index (κ2) is 9.35. The Kier molecular flexibility index (Phi) is 7.81. The highest BCUT2D eigenvalue weighted by Crippen LogP contribution is 2.25. The van der Waals surface area contributed by atoms with Gasteiger partial charge in [-0.25, -0.2) is 0 Å². The molecule has 0 radical (unpaired) electrons. The van der Waals surface area contributed by atoms with Crippen LogP contribution in [-0.4, -0.2) is 36.4 Å². The number of rotatable bonds is 7. The zero-order valence-electron chi connectivity index (χ0n) is 14.0. The zero-order valence-corrected chi connectivity index (χ0v) is 14.9. The Morgan fingerprint density at radius 2 is 1.78 bits per heavy atom. The first-order chi connectivity index (χ1) is 10.9. The molecule has 0 aliphatic carbocycles. The maximum atomic E-state index is 12.6. The highest BCUT2D eigenvalue weighted by molar-refractivity contribution is 8.14. The summed E-state index contributed by atoms with van der Waals surface area (Å²) >= 11 is 0.996. The fourth-order valence-corrected chi connectivity index (χ4v) is 3.00. The number of carbonyl (C=O) groups excluding carboxylic acids is 3. The van der Waals surface area contributed by atoms with Crippen molar-refractivity contribution in [2.75, 3.05) is 24.3 Å². The first kappa shape index (κ1) is 19.2. The number of methoxy groups -OCH3 is 1. The molecular formula is C17H23NO4S. The predicted molar refractivity (Wildman–Crippen MR) is 92.7 cm³/mol. The minimum atomic E-state index is -0.495. The van der Waals surface area contributed by atoms with Crippen molar-refractivity contribution in [2.45, 2.75) is 33.6 Å². The molecule has 23 heavy (non-hydrogen) atoms. The molecular weight excluding hydrogens is 314 g/mol. The number of nitrogens with zero attached hydrogens (tertiary/aromatic N) is 1. The summed E-state index contributed by atoms with van der Waals surface area (Å²) in [6, 6.07) is 5.67. The number of aryl methyl sites for hydroxylation is 2. The number of hydrogen-bond acceptors (Lipinski definition) is 5. The number of amides is 1. The van der Waals surface area contributed by atoms with Crippen molar-refractivity contribution in [1.29, 1.82) is 0 Å². The van der Waals surface area contributed by atoms with E-state index >= 15 is 0 Å². The van der Waals surface area contributed by atoms with Gasteiger partial charge in [0.15, 0.2) is 5.12 Å². The Morgan fingerprint density at radius 1 is 1.17 bits per heavy atom. The molecule has 1 aromatic rings. The molecule has 0 heterocycles. The molecule has 0 unspecified atom stereocenters. The van der Waals surface area contributed by atoms with Crippen LogP contribution < -0.4 is 4.90 Å². The minimum absolute atomic E-state index is 0.0135. The SMILES string of the molecule is CCCC(=O)SCC(=O)N(CC(=O)OC)c1c(C)cccc1C. The van der Waals surface area contributed by atoms with E-state index in [1.165, 1.54) is 12.0 Å². The molecule has 0 saturated heterocycles. The summed E-state index contributed by atoms with van der Waals surface area (Å²) in [5.74, 6) is -0.753. The molecule has 1 rings (SSSR count). The average molecular weight is 337 g/mol. The number of para-hydroxylation sites is 1. The number of thioether (sulfide) groups is 1. The number of carbonyl (C=O) groups is 3. The molecule has 1 amide bonds. The Morgan fingerprint density at radius 3 is 2.30 bits per heavy atom. The molecule has 0 atom stereocenters. The number of anilines is 1. The van der Waals surface area contributed by atoms with Gasteiger partial charge >= 0.3 is 5.97 Å². The fraction of sp³-hybridized carbons (Fsp3) is 0.471. The highest BCUT2D eigenvalue weighted by atomic mass is 32.2. The number of hydrogen-bond donors (Lipinski definition) is 0. The maximum absolute atomic E-state index is 12.6. The van der Waals surface area contributed by atoms with E-state index in [1.807, 2.05) is 39.0 Å². The van der Waals surface area contributed by atoms with Gasteiger partial charge in [0.2, 0.25) is 5.91 Å². The van der Waals surface area contributed by atoms with E-state index in [0.29, 0.717) is 12.1 Å². The highest BCUT2D eigenvalue weighted by Gasteiger charge is 2.23. The molecule has 126 valence electrons. The molecule has 0 saturated carbocycles. The number of esters is 1. The van der Waals surface area contributed by atoms with Crippen LogP contribution >= 0.6 is 11.8 Å². The van der Waals surface area contributed by atoms with Crippen molar-refractivity contribution >= 4 is 34.4 Å². The van der Waals surface area contributed by atoms with Crippen molar-refractivity contribution in [3.05, 3.63) is 29.3 Å². The van der Waals surface area contributed by atoms with Crippen LogP contribution in [0.4, 0.5) is 5.69 Å². The normalized spacial score (nSPS) is 10.3. The Hall–Kier alpha value is -1.82. The van der Waals surface area contributed by atoms with Crippen molar-refractivity contribution < 1.29 is 19.1 Å². The van der Waals surface area contributed by atoms with E-state index in [4.69, 9.17) is 0 Å². The summed E-state index contributed by atoms with van der Waals surface area (Å²) in [5, 5.41) is -0.0135. The van der Waals surface area contributed by atoms with Gasteiger partial charge in [-0.05, 0) is 31.4 Å². The summed E-state index contributed by atoms with van der Waals surface area (Å²) in [7, 11) is 1.29. The van der Waals surface area contributed by atoms with Crippen LogP contribution in [0.1, 0.15) is 30.9 Å². The first-order valence-corrected chi connectivity index (χ1v) is 8.48. The van der Waals surface area contributed by atoms with Crippen LogP contribution in [0, 0.1) is 13.8 Å². The lowest BCUT2D eigenvalue weighted by atomic mass is 10.1. The van der Waals surface area contributed by atoms with Crippen LogP contribution in [0.5, 0.6) is 0 Å². The molecule has 0 aromatic heterocycles. The van der Waals surface area contributed by atoms with Crippen LogP contribution in [0.3, 0.4) is 0 Å². The summed E-state index contributed by atoms with van der Waals surface area (Å²) in [4.78, 5) is 37.3. The largest absolute Gasteiger partial charge is 0.468 e. The first-order valence-electron chi connectivity index (χ1n) is 7.49. The van der Waals surface area contributed by atoms with Crippen LogP contribution in [0.25, 0.3) is 0 Å². The van der Waals surface area contributed by atoms with E-state index in [9.17, 15) is 14.4 Å². The summed E-state index contributed by atoms with van der Waals surface area (Å²) in [5.41, 5.74) is 2.49. The third kappa shape index (κ3) is 5.71. The number of ether oxygens (including phenoxy) is 1. The average Bonchev–Trinajstić information content (AvgIpc) is 2.51. The Bertz CT molecular complexity index is 566. The van der Waals surface area contributed by atoms with Gasteiger partial charge in [-0.3, -0.25) is 19.3 Å². The van der Waals surface area contributed by atoms with Crippen LogP contribution in [0.15, 0.2) is 18.2 Å². The summed E-state index contributed by atoms with van der Waals surface area (Å²) < 4.78 is 4.69. The zero-order chi connectivity index (χ0) is 17.4. The smallest absolute Gasteiger partial charge is 0.325 e. The lowest BCUT2D eigenvalue weighted by Gasteiger charge is -2.25. The van der Waals surface area contributed by atoms with Gasteiger partial charge in [0, 0.05) is 6.42 Å². The van der Waals surface area contributed by atoms with E-state index in [0.717, 1.165) is 29.3 Å². The molecule has 0 aliphatic rings. The van der Waals surface area contributed by atoms with Crippen molar-refractivity contribution in [3.8, 4) is 0 Å². The van der Waals surface area contributed by atoms with Gasteiger partial charge in [0.25, 0.3) is 0 Å². The summed E-state index contributed by atoms with van der Waals surface area (Å²) in [6.45, 7) is 5.52. The van der Waals surface area contributed by atoms with Gasteiger partial charge < -0.3 is 4.74 Å². The molecule has 6 heteroatoms. The topological polar surface area (TPSA) is 63.7 Å². The second-order valence-electron chi connectivity index (χ2n) is 5.21. The molecule has 0 N–H and O–H groups in total. The third-order valence-corrected chi connectivity index (χ3v) is 4.25. The van der Waals surface area contributed by atoms with E-state index in [1.54, 1.807) is 0 Å². The van der Waals surface area contributed by atoms with Crippen LogP contribution in [0.2, 0.25) is 0 Å².